The molecule has 0 fully saturated rings. The molecule has 106 valence electrons. The van der Waals surface area contributed by atoms with Crippen molar-refractivity contribution in [1.82, 2.24) is 0 Å². The highest BCUT2D eigenvalue weighted by Crippen LogP contribution is 2.23. The Kier molecular flexibility index (Phi) is 3.35. The van der Waals surface area contributed by atoms with Gasteiger partial charge in [0.25, 0.3) is 0 Å². The molecule has 0 aromatic heterocycles. The van der Waals surface area contributed by atoms with Crippen molar-refractivity contribution in [1.29, 1.82) is 0 Å². The summed E-state index contributed by atoms with van der Waals surface area (Å²) in [7, 11) is -3.67. The predicted octanol–water partition coefficient (Wildman–Crippen LogP) is 3.17. The van der Waals surface area contributed by atoms with Gasteiger partial charge in [0.2, 0.25) is 0 Å². The minimum absolute atomic E-state index is 0.435. The molecular weight excluding hydrogens is 284 g/mol. The number of benzene rings is 2. The van der Waals surface area contributed by atoms with Gasteiger partial charge in [-0.05, 0) is 24.6 Å². The van der Waals surface area contributed by atoms with Crippen LogP contribution in [-0.2, 0) is 10.2 Å². The Morgan fingerprint density at radius 2 is 1.71 bits per heavy atom. The summed E-state index contributed by atoms with van der Waals surface area (Å²) in [4.78, 5) is 0. The normalized spacial score (nSPS) is 16.1. The fourth-order valence-electron chi connectivity index (χ4n) is 2.11. The summed E-state index contributed by atoms with van der Waals surface area (Å²) in [6.07, 6.45) is 3.58. The number of nitrogens with one attached hydrogen (secondary N) is 1. The lowest BCUT2D eigenvalue weighted by atomic mass is 10.1. The molecule has 2 aromatic carbocycles. The van der Waals surface area contributed by atoms with Gasteiger partial charge in [-0.25, -0.2) is 0 Å². The monoisotopic (exact) mass is 298 g/mol. The first-order chi connectivity index (χ1) is 10.0. The predicted molar refractivity (Wildman–Crippen MR) is 85.7 cm³/mol. The van der Waals surface area contributed by atoms with E-state index in [1.54, 1.807) is 18.2 Å². The molecule has 5 heteroatoms. The first-order valence-corrected chi connectivity index (χ1v) is 7.94. The van der Waals surface area contributed by atoms with Gasteiger partial charge in [-0.15, -0.1) is 4.40 Å². The molecule has 0 aliphatic carbocycles. The smallest absolute Gasteiger partial charge is 0.264 e. The Bertz CT molecular complexity index is 835. The number of para-hydroxylation sites is 1. The van der Waals surface area contributed by atoms with Crippen LogP contribution >= 0.6 is 0 Å². The van der Waals surface area contributed by atoms with Crippen LogP contribution in [0.2, 0.25) is 0 Å². The SMILES string of the molecule is Cc1ccc(/C=C/C2=NS(=O)(=O)Nc3ccccc32)cc1. The van der Waals surface area contributed by atoms with E-state index in [1.807, 2.05) is 49.4 Å². The Morgan fingerprint density at radius 3 is 2.48 bits per heavy atom. The van der Waals surface area contributed by atoms with E-state index in [-0.39, 0.29) is 0 Å². The minimum atomic E-state index is -3.67. The van der Waals surface area contributed by atoms with Crippen LogP contribution in [0.4, 0.5) is 5.69 Å². The number of anilines is 1. The van der Waals surface area contributed by atoms with E-state index in [4.69, 9.17) is 0 Å². The van der Waals surface area contributed by atoms with E-state index in [0.717, 1.165) is 11.1 Å². The number of fused-ring (bicyclic) bond motifs is 1. The zero-order valence-electron chi connectivity index (χ0n) is 11.4. The molecular formula is C16H14N2O2S. The number of nitrogens with zero attached hydrogens (tertiary/aromatic N) is 1. The van der Waals surface area contributed by atoms with Gasteiger partial charge in [-0.1, -0.05) is 54.1 Å². The zero-order valence-corrected chi connectivity index (χ0v) is 12.3. The van der Waals surface area contributed by atoms with E-state index in [2.05, 4.69) is 9.12 Å². The highest BCUT2D eigenvalue weighted by molar-refractivity contribution is 7.91. The average Bonchev–Trinajstić information content (AvgIpc) is 2.45. The Morgan fingerprint density at radius 1 is 1.00 bits per heavy atom. The molecule has 1 aliphatic heterocycles. The minimum Gasteiger partial charge on any atom is -0.264 e. The molecule has 1 N–H and O–H groups in total. The van der Waals surface area contributed by atoms with Gasteiger partial charge in [0, 0.05) is 5.56 Å². The summed E-state index contributed by atoms with van der Waals surface area (Å²) < 4.78 is 29.7. The van der Waals surface area contributed by atoms with Crippen molar-refractivity contribution in [2.45, 2.75) is 6.92 Å². The molecule has 1 heterocycles. The van der Waals surface area contributed by atoms with Crippen molar-refractivity contribution >= 4 is 27.7 Å². The summed E-state index contributed by atoms with van der Waals surface area (Å²) in [6, 6.07) is 15.2. The van der Waals surface area contributed by atoms with E-state index in [9.17, 15) is 8.42 Å². The van der Waals surface area contributed by atoms with Crippen LogP contribution in [0, 0.1) is 6.92 Å². The quantitative estimate of drug-likeness (QED) is 0.925. The number of allylic oxidation sites excluding steroid dienone is 1. The summed E-state index contributed by atoms with van der Waals surface area (Å²) in [5.74, 6) is 0. The van der Waals surface area contributed by atoms with Crippen molar-refractivity contribution < 1.29 is 8.42 Å². The van der Waals surface area contributed by atoms with Crippen molar-refractivity contribution in [3.8, 4) is 0 Å². The molecule has 0 bridgehead atoms. The largest absolute Gasteiger partial charge is 0.342 e. The second-order valence-corrected chi connectivity index (χ2v) is 6.18. The number of rotatable bonds is 2. The van der Waals surface area contributed by atoms with E-state index in [0.29, 0.717) is 11.4 Å². The molecule has 21 heavy (non-hydrogen) atoms. The topological polar surface area (TPSA) is 58.5 Å². The lowest BCUT2D eigenvalue weighted by molar-refractivity contribution is 0.603. The molecule has 2 aromatic rings. The van der Waals surface area contributed by atoms with Gasteiger partial charge in [-0.3, -0.25) is 4.72 Å². The van der Waals surface area contributed by atoms with Gasteiger partial charge >= 0.3 is 10.2 Å². The molecule has 3 rings (SSSR count). The molecule has 0 atom stereocenters. The summed E-state index contributed by atoms with van der Waals surface area (Å²) in [5.41, 5.74) is 3.94. The third-order valence-electron chi connectivity index (χ3n) is 3.17. The Labute approximate surface area is 124 Å². The van der Waals surface area contributed by atoms with Crippen molar-refractivity contribution in [3.05, 3.63) is 71.3 Å². The second kappa shape index (κ2) is 5.18. The zero-order chi connectivity index (χ0) is 14.9. The van der Waals surface area contributed by atoms with Gasteiger partial charge in [-0.2, -0.15) is 8.42 Å². The molecule has 0 spiro atoms. The van der Waals surface area contributed by atoms with Crippen molar-refractivity contribution in [2.24, 2.45) is 4.40 Å². The molecule has 0 radical (unpaired) electrons. The van der Waals surface area contributed by atoms with Crippen molar-refractivity contribution in [2.75, 3.05) is 4.72 Å². The van der Waals surface area contributed by atoms with Crippen molar-refractivity contribution in [3.63, 3.8) is 0 Å². The maximum Gasteiger partial charge on any atom is 0.342 e. The fraction of sp³-hybridized carbons (Fsp3) is 0.0625. The molecule has 0 unspecified atom stereocenters. The lowest BCUT2D eigenvalue weighted by Gasteiger charge is -2.15. The molecule has 0 saturated carbocycles. The average molecular weight is 298 g/mol. The first-order valence-electron chi connectivity index (χ1n) is 6.50. The molecule has 4 nitrogen and oxygen atoms in total. The van der Waals surface area contributed by atoms with E-state index >= 15 is 0 Å². The number of aryl methyl sites for hydroxylation is 1. The van der Waals surface area contributed by atoms with Gasteiger partial charge in [0.1, 0.15) is 0 Å². The summed E-state index contributed by atoms with van der Waals surface area (Å²) in [5, 5.41) is 0. The maximum atomic E-state index is 11.7. The lowest BCUT2D eigenvalue weighted by Crippen LogP contribution is -2.19. The van der Waals surface area contributed by atoms with Crippen LogP contribution in [0.1, 0.15) is 16.7 Å². The van der Waals surface area contributed by atoms with Gasteiger partial charge in [0.05, 0.1) is 11.4 Å². The molecule has 0 saturated heterocycles. The van der Waals surface area contributed by atoms with Crippen LogP contribution in [-0.4, -0.2) is 14.1 Å². The third kappa shape index (κ3) is 3.03. The van der Waals surface area contributed by atoms with E-state index < -0.39 is 10.2 Å². The highest BCUT2D eigenvalue weighted by Gasteiger charge is 2.20. The number of hydrogen-bond acceptors (Lipinski definition) is 2. The van der Waals surface area contributed by atoms with Crippen LogP contribution in [0.25, 0.3) is 6.08 Å². The molecule has 0 amide bonds. The van der Waals surface area contributed by atoms with Crippen LogP contribution in [0.15, 0.2) is 59.0 Å². The summed E-state index contributed by atoms with van der Waals surface area (Å²) in [6.45, 7) is 2.02. The Balaban J connectivity index is 2.00. The van der Waals surface area contributed by atoms with Crippen LogP contribution in [0.5, 0.6) is 0 Å². The Hall–Kier alpha value is -2.40. The second-order valence-electron chi connectivity index (χ2n) is 4.84. The summed E-state index contributed by atoms with van der Waals surface area (Å²) >= 11 is 0. The maximum absolute atomic E-state index is 11.7. The van der Waals surface area contributed by atoms with Crippen LogP contribution in [0.3, 0.4) is 0 Å². The van der Waals surface area contributed by atoms with Gasteiger partial charge < -0.3 is 0 Å². The highest BCUT2D eigenvalue weighted by atomic mass is 32.2. The van der Waals surface area contributed by atoms with Gasteiger partial charge in [0.15, 0.2) is 0 Å². The third-order valence-corrected chi connectivity index (χ3v) is 4.09. The number of hydrogen-bond donors (Lipinski definition) is 1. The molecule has 1 aliphatic rings. The standard InChI is InChI=1S/C16H14N2O2S/c1-12-6-8-13(9-7-12)10-11-16-14-4-2-3-5-15(14)17-21(19,20)18-16/h2-11,17H,1H3/b11-10+. The fourth-order valence-corrected chi connectivity index (χ4v) is 3.03. The first kappa shape index (κ1) is 13.6. The van der Waals surface area contributed by atoms with E-state index in [1.165, 1.54) is 5.56 Å². The van der Waals surface area contributed by atoms with Crippen LogP contribution < -0.4 is 4.72 Å².